The molecule has 1 aliphatic carbocycles. The summed E-state index contributed by atoms with van der Waals surface area (Å²) in [4.78, 5) is 41.2. The van der Waals surface area contributed by atoms with Crippen LogP contribution in [0.3, 0.4) is 0 Å². The van der Waals surface area contributed by atoms with Crippen molar-refractivity contribution in [3.05, 3.63) is 33.2 Å². The number of aryl methyl sites for hydroxylation is 1. The van der Waals surface area contributed by atoms with Gasteiger partial charge in [-0.25, -0.2) is 4.98 Å². The Hall–Kier alpha value is -2.22. The second kappa shape index (κ2) is 6.72. The smallest absolute Gasteiger partial charge is 0.308 e. The number of carbonyl (C=O) groups excluding carboxylic acids is 1. The van der Waals surface area contributed by atoms with E-state index in [-0.39, 0.29) is 5.56 Å². The van der Waals surface area contributed by atoms with E-state index in [1.165, 1.54) is 21.9 Å². The molecule has 0 spiro atoms. The molecule has 128 valence electrons. The lowest BCUT2D eigenvalue weighted by Gasteiger charge is -2.22. The summed E-state index contributed by atoms with van der Waals surface area (Å²) in [6.45, 7) is 1.78. The van der Waals surface area contributed by atoms with E-state index in [0.717, 1.165) is 25.0 Å². The van der Waals surface area contributed by atoms with Gasteiger partial charge in [-0.05, 0) is 19.8 Å². The zero-order valence-electron chi connectivity index (χ0n) is 13.3. The van der Waals surface area contributed by atoms with Crippen LogP contribution in [0, 0.1) is 12.8 Å². The van der Waals surface area contributed by atoms with Crippen molar-refractivity contribution in [1.82, 2.24) is 14.7 Å². The Balaban J connectivity index is 1.88. The first-order valence-corrected chi connectivity index (χ1v) is 8.86. The van der Waals surface area contributed by atoms with Gasteiger partial charge in [0.15, 0.2) is 4.96 Å². The number of aliphatic carboxylic acids is 1. The Morgan fingerprint density at radius 3 is 2.83 bits per heavy atom. The highest BCUT2D eigenvalue weighted by Gasteiger charge is 2.31. The number of aromatic nitrogens is 2. The van der Waals surface area contributed by atoms with Crippen LogP contribution in [0.15, 0.2) is 16.4 Å². The number of carbonyl (C=O) groups is 2. The summed E-state index contributed by atoms with van der Waals surface area (Å²) in [5.74, 6) is -2.06. The molecular formula is C16H19N3O4S. The summed E-state index contributed by atoms with van der Waals surface area (Å²) < 4.78 is 1.40. The molecule has 3 rings (SSSR count). The number of rotatable bonds is 3. The highest BCUT2D eigenvalue weighted by molar-refractivity contribution is 7.15. The van der Waals surface area contributed by atoms with Crippen LogP contribution in [0.25, 0.3) is 4.96 Å². The first-order chi connectivity index (χ1) is 11.5. The van der Waals surface area contributed by atoms with Gasteiger partial charge in [0.2, 0.25) is 0 Å². The second-order valence-corrected chi connectivity index (χ2v) is 6.97. The lowest BCUT2D eigenvalue weighted by Crippen LogP contribution is -2.44. The lowest BCUT2D eigenvalue weighted by atomic mass is 9.94. The summed E-state index contributed by atoms with van der Waals surface area (Å²) in [6.07, 6.45) is 5.09. The Bertz CT molecular complexity index is 841. The van der Waals surface area contributed by atoms with Crippen molar-refractivity contribution in [2.75, 3.05) is 0 Å². The fraction of sp³-hybridized carbons (Fsp3) is 0.500. The molecule has 1 saturated carbocycles. The van der Waals surface area contributed by atoms with Crippen molar-refractivity contribution in [2.45, 2.75) is 45.1 Å². The highest BCUT2D eigenvalue weighted by Crippen LogP contribution is 2.24. The molecule has 8 heteroatoms. The number of fused-ring (bicyclic) bond motifs is 1. The molecule has 0 radical (unpaired) electrons. The van der Waals surface area contributed by atoms with E-state index in [0.29, 0.717) is 17.8 Å². The van der Waals surface area contributed by atoms with Crippen LogP contribution < -0.4 is 10.9 Å². The number of amides is 1. The summed E-state index contributed by atoms with van der Waals surface area (Å²) in [5, 5.41) is 14.0. The third-order valence-corrected chi connectivity index (χ3v) is 5.47. The van der Waals surface area contributed by atoms with E-state index in [1.54, 1.807) is 12.3 Å². The highest BCUT2D eigenvalue weighted by atomic mass is 32.1. The standard InChI is InChI=1S/C16H19N3O4S/c1-9-8-24-16-17-7-11(14(21)19(9)16)13(20)18-12-6-4-2-3-5-10(12)15(22)23/h7-8,10,12H,2-6H2,1H3,(H,18,20)(H,22,23)/t10-,12+/m1/s1. The van der Waals surface area contributed by atoms with Gasteiger partial charge in [0.05, 0.1) is 5.92 Å². The van der Waals surface area contributed by atoms with E-state index in [1.807, 2.05) is 0 Å². The number of thiazole rings is 1. The number of carboxylic acid groups (broad SMARTS) is 1. The van der Waals surface area contributed by atoms with Crippen molar-refractivity contribution >= 4 is 28.2 Å². The van der Waals surface area contributed by atoms with E-state index >= 15 is 0 Å². The summed E-state index contributed by atoms with van der Waals surface area (Å²) >= 11 is 1.33. The van der Waals surface area contributed by atoms with Gasteiger partial charge in [0.1, 0.15) is 5.56 Å². The van der Waals surface area contributed by atoms with Crippen molar-refractivity contribution in [1.29, 1.82) is 0 Å². The second-order valence-electron chi connectivity index (χ2n) is 6.13. The minimum absolute atomic E-state index is 0.0533. The monoisotopic (exact) mass is 349 g/mol. The Morgan fingerprint density at radius 2 is 2.08 bits per heavy atom. The third-order valence-electron chi connectivity index (χ3n) is 4.51. The molecular weight excluding hydrogens is 330 g/mol. The van der Waals surface area contributed by atoms with Gasteiger partial charge < -0.3 is 10.4 Å². The van der Waals surface area contributed by atoms with E-state index in [2.05, 4.69) is 10.3 Å². The van der Waals surface area contributed by atoms with E-state index in [9.17, 15) is 19.5 Å². The molecule has 2 aromatic heterocycles. The molecule has 2 aromatic rings. The summed E-state index contributed by atoms with van der Waals surface area (Å²) in [6, 6.07) is -0.457. The lowest BCUT2D eigenvalue weighted by molar-refractivity contribution is -0.142. The normalized spacial score (nSPS) is 21.4. The Kier molecular flexibility index (Phi) is 4.66. The topological polar surface area (TPSA) is 101 Å². The van der Waals surface area contributed by atoms with Gasteiger partial charge in [-0.2, -0.15) is 0 Å². The maximum atomic E-state index is 12.5. The molecule has 2 heterocycles. The predicted octanol–water partition coefficient (Wildman–Crippen LogP) is 1.83. The van der Waals surface area contributed by atoms with Crippen LogP contribution >= 0.6 is 11.3 Å². The molecule has 2 atom stereocenters. The number of carboxylic acids is 1. The number of nitrogens with zero attached hydrogens (tertiary/aromatic N) is 2. The minimum Gasteiger partial charge on any atom is -0.481 e. The Labute approximate surface area is 142 Å². The minimum atomic E-state index is -0.902. The Morgan fingerprint density at radius 1 is 1.33 bits per heavy atom. The number of nitrogens with one attached hydrogen (secondary N) is 1. The first-order valence-electron chi connectivity index (χ1n) is 7.98. The largest absolute Gasteiger partial charge is 0.481 e. The maximum Gasteiger partial charge on any atom is 0.308 e. The van der Waals surface area contributed by atoms with Gasteiger partial charge in [-0.3, -0.25) is 18.8 Å². The molecule has 2 N–H and O–H groups in total. The molecule has 7 nitrogen and oxygen atoms in total. The van der Waals surface area contributed by atoms with Crippen LogP contribution in [0.5, 0.6) is 0 Å². The van der Waals surface area contributed by atoms with Gasteiger partial charge in [-0.1, -0.05) is 19.3 Å². The summed E-state index contributed by atoms with van der Waals surface area (Å²) in [5.41, 5.74) is 0.249. The zero-order chi connectivity index (χ0) is 17.3. The molecule has 0 bridgehead atoms. The molecule has 0 unspecified atom stereocenters. The third kappa shape index (κ3) is 3.06. The van der Waals surface area contributed by atoms with Crippen LogP contribution in [0.2, 0.25) is 0 Å². The molecule has 0 aliphatic heterocycles. The fourth-order valence-corrected chi connectivity index (χ4v) is 4.03. The van der Waals surface area contributed by atoms with Gasteiger partial charge in [0, 0.05) is 23.3 Å². The average Bonchev–Trinajstić information content (AvgIpc) is 2.77. The van der Waals surface area contributed by atoms with Crippen molar-refractivity contribution in [3.63, 3.8) is 0 Å². The molecule has 24 heavy (non-hydrogen) atoms. The van der Waals surface area contributed by atoms with Gasteiger partial charge in [0.25, 0.3) is 11.5 Å². The molecule has 1 amide bonds. The van der Waals surface area contributed by atoms with Crippen LogP contribution in [-0.4, -0.2) is 32.4 Å². The van der Waals surface area contributed by atoms with Crippen LogP contribution in [0.4, 0.5) is 0 Å². The zero-order valence-corrected chi connectivity index (χ0v) is 14.1. The molecule has 0 saturated heterocycles. The molecule has 1 fully saturated rings. The van der Waals surface area contributed by atoms with Crippen molar-refractivity contribution < 1.29 is 14.7 Å². The first kappa shape index (κ1) is 16.6. The van der Waals surface area contributed by atoms with Crippen molar-refractivity contribution in [3.8, 4) is 0 Å². The van der Waals surface area contributed by atoms with Gasteiger partial charge in [-0.15, -0.1) is 11.3 Å². The average molecular weight is 349 g/mol. The number of hydrogen-bond acceptors (Lipinski definition) is 5. The predicted molar refractivity (Wildman–Crippen MR) is 89.5 cm³/mol. The van der Waals surface area contributed by atoms with E-state index in [4.69, 9.17) is 0 Å². The number of hydrogen-bond donors (Lipinski definition) is 2. The van der Waals surface area contributed by atoms with E-state index < -0.39 is 29.4 Å². The van der Waals surface area contributed by atoms with Gasteiger partial charge >= 0.3 is 5.97 Å². The maximum absolute atomic E-state index is 12.5. The molecule has 0 aromatic carbocycles. The summed E-state index contributed by atoms with van der Waals surface area (Å²) in [7, 11) is 0. The SMILES string of the molecule is Cc1csc2ncc(C(=O)N[C@H]3CCCCC[C@H]3C(=O)O)c(=O)n12. The van der Waals surface area contributed by atoms with Crippen molar-refractivity contribution in [2.24, 2.45) is 5.92 Å². The van der Waals surface area contributed by atoms with Crippen LogP contribution in [-0.2, 0) is 4.79 Å². The molecule has 1 aliphatic rings. The quantitative estimate of drug-likeness (QED) is 0.823. The fourth-order valence-electron chi connectivity index (χ4n) is 3.20. The van der Waals surface area contributed by atoms with Crippen LogP contribution in [0.1, 0.15) is 48.2 Å².